The first-order valence-corrected chi connectivity index (χ1v) is 36.8. The smallest absolute Gasteiger partial charge is 0.399 e. The Labute approximate surface area is 615 Å². The maximum atomic E-state index is 6.55. The van der Waals surface area contributed by atoms with Crippen molar-refractivity contribution in [3.63, 3.8) is 0 Å². The Bertz CT molecular complexity index is 5700. The number of rotatable bonds is 8. The minimum absolute atomic E-state index is 0.420. The maximum absolute atomic E-state index is 6.55. The molecule has 0 unspecified atom stereocenters. The van der Waals surface area contributed by atoms with E-state index >= 15 is 0 Å². The summed E-state index contributed by atoms with van der Waals surface area (Å²) in [7, 11) is -0.450. The van der Waals surface area contributed by atoms with E-state index in [9.17, 15) is 0 Å². The number of nitrogens with zero attached hydrogens (tertiary/aromatic N) is 2. The Morgan fingerprint density at radius 3 is 1.13 bits per heavy atom. The molecule has 0 spiro atoms. The van der Waals surface area contributed by atoms with Crippen molar-refractivity contribution >= 4 is 111 Å². The van der Waals surface area contributed by atoms with E-state index in [-0.39, 0.29) is 0 Å². The van der Waals surface area contributed by atoms with E-state index in [4.69, 9.17) is 9.31 Å². The summed E-state index contributed by atoms with van der Waals surface area (Å²) >= 11 is 9.32. The summed E-state index contributed by atoms with van der Waals surface area (Å²) in [5.41, 5.74) is 24.0. The minimum Gasteiger partial charge on any atom is -0.399 e. The molecule has 1 fully saturated rings. The van der Waals surface area contributed by atoms with E-state index in [1.165, 1.54) is 131 Å². The Morgan fingerprint density at radius 1 is 0.310 bits per heavy atom. The molecule has 3 aliphatic rings. The van der Waals surface area contributed by atoms with Gasteiger partial charge in [0.2, 0.25) is 0 Å². The Kier molecular flexibility index (Phi) is 16.3. The molecule has 0 amide bonds. The lowest BCUT2D eigenvalue weighted by molar-refractivity contribution is 0.00578. The van der Waals surface area contributed by atoms with Crippen LogP contribution in [0.15, 0.2) is 349 Å². The van der Waals surface area contributed by atoms with Crippen LogP contribution in [0.3, 0.4) is 0 Å². The van der Waals surface area contributed by atoms with Gasteiger partial charge in [-0.3, -0.25) is 0 Å². The van der Waals surface area contributed by atoms with Crippen molar-refractivity contribution in [2.24, 2.45) is 0 Å². The molecule has 3 heterocycles. The van der Waals surface area contributed by atoms with Gasteiger partial charge in [0.1, 0.15) is 0 Å². The molecule has 100 heavy (non-hydrogen) atoms. The SMILES string of the molecule is Brc1cccc(-c2ccc3c4ccccc4n(-c4cccc5c4C(c4ccccc4)(c4ccccc4)c4ccccc4-5)c3c2)c1.Brc1cccc(I)c1.CC1(C)OB(c2ccc3c4ccccc4n(-c4cccc5c4C(c4ccccc4)(c4ccccc4)c4ccccc4-5)c3c2)OC1(C)C. The molecule has 0 N–H and O–H groups in total. The average Bonchev–Trinajstić information content (AvgIpc) is 1.53. The van der Waals surface area contributed by atoms with Crippen LogP contribution >= 0.6 is 54.5 Å². The summed E-state index contributed by atoms with van der Waals surface area (Å²) in [6.07, 6.45) is 0. The second-order valence-corrected chi connectivity index (χ2v) is 30.3. The molecule has 14 aromatic carbocycles. The van der Waals surface area contributed by atoms with Crippen LogP contribution in [0.25, 0.3) is 88.4 Å². The van der Waals surface area contributed by atoms with E-state index in [1.807, 2.05) is 12.1 Å². The van der Waals surface area contributed by atoms with Gasteiger partial charge in [0.25, 0.3) is 0 Å². The number of hydrogen-bond acceptors (Lipinski definition) is 2. The third-order valence-electron chi connectivity index (χ3n) is 21.2. The molecule has 8 heteroatoms. The zero-order chi connectivity index (χ0) is 67.9. The lowest BCUT2D eigenvalue weighted by atomic mass is 9.67. The molecule has 0 bridgehead atoms. The summed E-state index contributed by atoms with van der Waals surface area (Å²) in [6, 6.07) is 124. The van der Waals surface area contributed by atoms with E-state index in [2.05, 4.69) is 419 Å². The minimum atomic E-state index is -0.522. The number of fused-ring (bicyclic) bond motifs is 12. The standard InChI is InChI=1S/C43H36BNO2.C43H28BrN.C6H4BrI/c1-41(2)42(3,4)47-44(46-41)31-26-27-34-33-21-12-14-24-37(33)45(39(34)28-31)38-25-15-22-35-32-20-11-13-23-36(32)43(40(35)38,29-16-7-5-8-17-29)30-18-9-6-10-19-30;44-33-18-11-13-29(27-33)30-25-26-36-35-20-8-10-23-39(35)45(41(36)28-30)40-24-12-21-37-34-19-7-9-22-38(34)43(42(37)40,31-14-3-1-4-15-31)32-16-5-2-6-17-32;7-5-2-1-3-6(8)4-5/h5-28H,1-4H3;1-28H;1-4H. The molecular formula is C92H68BBr2IN2O2. The van der Waals surface area contributed by atoms with Gasteiger partial charge in [-0.2, -0.15) is 0 Å². The fourth-order valence-electron chi connectivity index (χ4n) is 16.2. The molecule has 4 nitrogen and oxygen atoms in total. The van der Waals surface area contributed by atoms with Gasteiger partial charge in [-0.15, -0.1) is 0 Å². The number of benzene rings is 14. The lowest BCUT2D eigenvalue weighted by Crippen LogP contribution is -2.41. The van der Waals surface area contributed by atoms with Gasteiger partial charge < -0.3 is 18.4 Å². The van der Waals surface area contributed by atoms with Crippen molar-refractivity contribution in [1.82, 2.24) is 9.13 Å². The van der Waals surface area contributed by atoms with Gasteiger partial charge in [-0.25, -0.2) is 0 Å². The second kappa shape index (κ2) is 25.5. The number of halogens is 3. The summed E-state index contributed by atoms with van der Waals surface area (Å²) in [6.45, 7) is 8.45. The fraction of sp³-hybridized carbons (Fsp3) is 0.0870. The molecule has 19 rings (SSSR count). The third-order valence-corrected chi connectivity index (χ3v) is 22.9. The fourth-order valence-corrected chi connectivity index (χ4v) is 18.0. The summed E-state index contributed by atoms with van der Waals surface area (Å²) < 4.78 is 21.6. The second-order valence-electron chi connectivity index (χ2n) is 27.2. The van der Waals surface area contributed by atoms with Crippen LogP contribution in [0, 0.1) is 3.57 Å². The number of aromatic nitrogens is 2. The van der Waals surface area contributed by atoms with Crippen LogP contribution in [-0.2, 0) is 20.1 Å². The molecular weight excluding hydrogens is 1460 g/mol. The predicted octanol–water partition coefficient (Wildman–Crippen LogP) is 24.1. The third kappa shape index (κ3) is 10.3. The normalized spacial score (nSPS) is 14.8. The number of hydrogen-bond donors (Lipinski definition) is 0. The topological polar surface area (TPSA) is 28.3 Å². The summed E-state index contributed by atoms with van der Waals surface area (Å²) in [5, 5.41) is 4.94. The van der Waals surface area contributed by atoms with Crippen molar-refractivity contribution in [2.75, 3.05) is 0 Å². The van der Waals surface area contributed by atoms with Crippen molar-refractivity contribution in [1.29, 1.82) is 0 Å². The molecule has 1 saturated heterocycles. The Morgan fingerprint density at radius 2 is 0.680 bits per heavy atom. The van der Waals surface area contributed by atoms with Crippen LogP contribution in [0.2, 0.25) is 0 Å². The zero-order valence-electron chi connectivity index (χ0n) is 55.8. The van der Waals surface area contributed by atoms with Crippen LogP contribution in [0.4, 0.5) is 0 Å². The summed E-state index contributed by atoms with van der Waals surface area (Å²) in [4.78, 5) is 0. The number of para-hydroxylation sites is 2. The first-order chi connectivity index (χ1) is 48.8. The summed E-state index contributed by atoms with van der Waals surface area (Å²) in [5.74, 6) is 0. The highest BCUT2D eigenvalue weighted by Crippen LogP contribution is 2.60. The molecule has 0 radical (unpaired) electrons. The quantitative estimate of drug-likeness (QED) is 0.112. The maximum Gasteiger partial charge on any atom is 0.494 e. The van der Waals surface area contributed by atoms with Crippen LogP contribution in [0.1, 0.15) is 72.2 Å². The van der Waals surface area contributed by atoms with Crippen LogP contribution in [0.5, 0.6) is 0 Å². The van der Waals surface area contributed by atoms with Crippen LogP contribution in [-0.4, -0.2) is 27.5 Å². The van der Waals surface area contributed by atoms with E-state index < -0.39 is 29.2 Å². The first kappa shape index (κ1) is 63.8. The molecule has 16 aromatic rings. The Balaban J connectivity index is 0.000000135. The molecule has 0 atom stereocenters. The van der Waals surface area contributed by atoms with E-state index in [0.29, 0.717) is 0 Å². The van der Waals surface area contributed by atoms with Gasteiger partial charge in [0, 0.05) is 45.2 Å². The predicted molar refractivity (Wildman–Crippen MR) is 432 cm³/mol. The van der Waals surface area contributed by atoms with E-state index in [0.717, 1.165) is 19.9 Å². The van der Waals surface area contributed by atoms with Crippen molar-refractivity contribution in [2.45, 2.75) is 49.7 Å². The van der Waals surface area contributed by atoms with Crippen LogP contribution < -0.4 is 5.46 Å². The zero-order valence-corrected chi connectivity index (χ0v) is 61.1. The molecule has 1 aliphatic heterocycles. The van der Waals surface area contributed by atoms with Crippen molar-refractivity contribution in [3.05, 3.63) is 397 Å². The first-order valence-electron chi connectivity index (χ1n) is 34.1. The highest BCUT2D eigenvalue weighted by Gasteiger charge is 2.53. The largest absolute Gasteiger partial charge is 0.494 e. The monoisotopic (exact) mass is 1530 g/mol. The van der Waals surface area contributed by atoms with Gasteiger partial charge in [0.05, 0.1) is 55.5 Å². The highest BCUT2D eigenvalue weighted by molar-refractivity contribution is 14.1. The van der Waals surface area contributed by atoms with Gasteiger partial charge in [-0.05, 0) is 189 Å². The highest BCUT2D eigenvalue weighted by atomic mass is 127. The molecule has 482 valence electrons. The van der Waals surface area contributed by atoms with E-state index in [1.54, 1.807) is 0 Å². The molecule has 2 aliphatic carbocycles. The molecule has 2 aromatic heterocycles. The average molecular weight is 1530 g/mol. The van der Waals surface area contributed by atoms with Crippen molar-refractivity contribution in [3.8, 4) is 44.8 Å². The van der Waals surface area contributed by atoms with Gasteiger partial charge >= 0.3 is 7.12 Å². The van der Waals surface area contributed by atoms with Gasteiger partial charge in [-0.1, -0.05) is 305 Å². The van der Waals surface area contributed by atoms with Crippen molar-refractivity contribution < 1.29 is 9.31 Å². The molecule has 0 saturated carbocycles. The van der Waals surface area contributed by atoms with Gasteiger partial charge in [0.15, 0.2) is 0 Å². The lowest BCUT2D eigenvalue weighted by Gasteiger charge is -2.35. The Hall–Kier alpha value is -9.65.